The summed E-state index contributed by atoms with van der Waals surface area (Å²) in [6.45, 7) is 0.422. The summed E-state index contributed by atoms with van der Waals surface area (Å²) >= 11 is 0. The molecule has 0 bridgehead atoms. The first kappa shape index (κ1) is 13.9. The Bertz CT molecular complexity index is 576. The van der Waals surface area contributed by atoms with Gasteiger partial charge in [0.1, 0.15) is 0 Å². The first-order chi connectivity index (χ1) is 9.79. The van der Waals surface area contributed by atoms with Crippen LogP contribution in [0.25, 0.3) is 6.08 Å². The molecule has 0 fully saturated rings. The number of esters is 1. The number of hydrogen-bond acceptors (Lipinski definition) is 3. The van der Waals surface area contributed by atoms with Crippen LogP contribution in [0.5, 0.6) is 0 Å². The molecular weight excluding hydrogens is 250 g/mol. The summed E-state index contributed by atoms with van der Waals surface area (Å²) in [5.41, 5.74) is 2.53. The van der Waals surface area contributed by atoms with Crippen molar-refractivity contribution in [3.05, 3.63) is 71.8 Å². The smallest absolute Gasteiger partial charge is 0.335 e. The third kappa shape index (κ3) is 3.99. The van der Waals surface area contributed by atoms with E-state index >= 15 is 0 Å². The highest BCUT2D eigenvalue weighted by atomic mass is 16.5. The van der Waals surface area contributed by atoms with Crippen LogP contribution < -0.4 is 5.32 Å². The SMILES string of the molecule is COC(=O)/C(=C\c1ccccc1)CNc1ccccc1. The molecule has 3 heteroatoms. The number of hydrogen-bond donors (Lipinski definition) is 1. The molecule has 2 aromatic carbocycles. The van der Waals surface area contributed by atoms with Crippen LogP contribution in [-0.4, -0.2) is 19.6 Å². The van der Waals surface area contributed by atoms with E-state index in [2.05, 4.69) is 5.32 Å². The van der Waals surface area contributed by atoms with Crippen molar-refractivity contribution in [1.29, 1.82) is 0 Å². The maximum absolute atomic E-state index is 11.8. The summed E-state index contributed by atoms with van der Waals surface area (Å²) in [5, 5.41) is 3.21. The first-order valence-corrected chi connectivity index (χ1v) is 6.42. The number of rotatable bonds is 5. The van der Waals surface area contributed by atoms with Gasteiger partial charge in [-0.2, -0.15) is 0 Å². The molecule has 0 saturated carbocycles. The van der Waals surface area contributed by atoms with Crippen LogP contribution >= 0.6 is 0 Å². The molecule has 0 amide bonds. The van der Waals surface area contributed by atoms with Gasteiger partial charge >= 0.3 is 5.97 Å². The molecule has 3 nitrogen and oxygen atoms in total. The molecule has 0 spiro atoms. The summed E-state index contributed by atoms with van der Waals surface area (Å²) in [6, 6.07) is 19.5. The average molecular weight is 267 g/mol. The van der Waals surface area contributed by atoms with Crippen molar-refractivity contribution in [2.24, 2.45) is 0 Å². The number of methoxy groups -OCH3 is 1. The molecule has 0 aliphatic heterocycles. The van der Waals surface area contributed by atoms with Crippen LogP contribution in [-0.2, 0) is 9.53 Å². The third-order valence-electron chi connectivity index (χ3n) is 2.84. The Labute approximate surface area is 118 Å². The largest absolute Gasteiger partial charge is 0.466 e. The molecule has 0 aliphatic rings. The second kappa shape index (κ2) is 7.14. The number of nitrogens with one attached hydrogen (secondary N) is 1. The van der Waals surface area contributed by atoms with Crippen molar-refractivity contribution in [2.45, 2.75) is 0 Å². The second-order valence-corrected chi connectivity index (χ2v) is 4.29. The summed E-state index contributed by atoms with van der Waals surface area (Å²) in [4.78, 5) is 11.8. The number of benzene rings is 2. The van der Waals surface area contributed by atoms with E-state index in [1.54, 1.807) is 0 Å². The first-order valence-electron chi connectivity index (χ1n) is 6.42. The van der Waals surface area contributed by atoms with Gasteiger partial charge < -0.3 is 10.1 Å². The molecule has 20 heavy (non-hydrogen) atoms. The van der Waals surface area contributed by atoms with E-state index in [0.717, 1.165) is 11.3 Å². The quantitative estimate of drug-likeness (QED) is 0.667. The minimum absolute atomic E-state index is 0.322. The summed E-state index contributed by atoms with van der Waals surface area (Å²) < 4.78 is 4.83. The highest BCUT2D eigenvalue weighted by Gasteiger charge is 2.09. The van der Waals surface area contributed by atoms with Gasteiger partial charge in [-0.05, 0) is 23.8 Å². The molecule has 0 saturated heterocycles. The van der Waals surface area contributed by atoms with Crippen LogP contribution in [0, 0.1) is 0 Å². The standard InChI is InChI=1S/C17H17NO2/c1-20-17(19)15(12-14-8-4-2-5-9-14)13-18-16-10-6-3-7-11-16/h2-12,18H,13H2,1H3/b15-12-. The van der Waals surface area contributed by atoms with E-state index in [1.165, 1.54) is 7.11 Å². The van der Waals surface area contributed by atoms with Crippen LogP contribution in [0.4, 0.5) is 5.69 Å². The maximum atomic E-state index is 11.8. The normalized spacial score (nSPS) is 10.9. The molecular formula is C17H17NO2. The van der Waals surface area contributed by atoms with Crippen molar-refractivity contribution in [2.75, 3.05) is 19.0 Å². The Hall–Kier alpha value is -2.55. The number of para-hydroxylation sites is 1. The lowest BCUT2D eigenvalue weighted by Crippen LogP contribution is -2.14. The summed E-state index contributed by atoms with van der Waals surface area (Å²) in [6.07, 6.45) is 1.84. The van der Waals surface area contributed by atoms with Crippen LogP contribution in [0.3, 0.4) is 0 Å². The number of ether oxygens (including phenoxy) is 1. The zero-order valence-electron chi connectivity index (χ0n) is 11.4. The van der Waals surface area contributed by atoms with Gasteiger partial charge in [0, 0.05) is 12.2 Å². The average Bonchev–Trinajstić information content (AvgIpc) is 2.52. The van der Waals surface area contributed by atoms with Gasteiger partial charge in [-0.3, -0.25) is 0 Å². The van der Waals surface area contributed by atoms with Gasteiger partial charge in [0.15, 0.2) is 0 Å². The molecule has 0 aliphatic carbocycles. The molecule has 102 valence electrons. The van der Waals surface area contributed by atoms with Gasteiger partial charge in [-0.1, -0.05) is 48.5 Å². The van der Waals surface area contributed by atoms with Crippen molar-refractivity contribution in [3.63, 3.8) is 0 Å². The Morgan fingerprint density at radius 2 is 1.65 bits per heavy atom. The fraction of sp³-hybridized carbons (Fsp3) is 0.118. The lowest BCUT2D eigenvalue weighted by molar-refractivity contribution is -0.135. The monoisotopic (exact) mass is 267 g/mol. The van der Waals surface area contributed by atoms with Gasteiger partial charge in [0.25, 0.3) is 0 Å². The Kier molecular flexibility index (Phi) is 4.95. The molecule has 0 aromatic heterocycles. The summed E-state index contributed by atoms with van der Waals surface area (Å²) in [7, 11) is 1.39. The van der Waals surface area contributed by atoms with E-state index in [-0.39, 0.29) is 5.97 Å². The van der Waals surface area contributed by atoms with E-state index < -0.39 is 0 Å². The van der Waals surface area contributed by atoms with Crippen LogP contribution in [0.1, 0.15) is 5.56 Å². The lowest BCUT2D eigenvalue weighted by atomic mass is 10.1. The third-order valence-corrected chi connectivity index (χ3v) is 2.84. The predicted octanol–water partition coefficient (Wildman–Crippen LogP) is 3.36. The lowest BCUT2D eigenvalue weighted by Gasteiger charge is -2.09. The minimum atomic E-state index is -0.322. The molecule has 0 radical (unpaired) electrons. The van der Waals surface area contributed by atoms with E-state index in [4.69, 9.17) is 4.74 Å². The summed E-state index contributed by atoms with van der Waals surface area (Å²) in [5.74, 6) is -0.322. The molecule has 2 aromatic rings. The predicted molar refractivity (Wildman–Crippen MR) is 81.4 cm³/mol. The number of anilines is 1. The fourth-order valence-electron chi connectivity index (χ4n) is 1.82. The fourth-order valence-corrected chi connectivity index (χ4v) is 1.82. The van der Waals surface area contributed by atoms with Crippen LogP contribution in [0.15, 0.2) is 66.2 Å². The number of carbonyl (C=O) groups excluding carboxylic acids is 1. The topological polar surface area (TPSA) is 38.3 Å². The van der Waals surface area contributed by atoms with Gasteiger partial charge in [-0.15, -0.1) is 0 Å². The molecule has 0 unspecified atom stereocenters. The Balaban J connectivity index is 2.12. The molecule has 0 heterocycles. The van der Waals surface area contributed by atoms with Crippen molar-refractivity contribution in [3.8, 4) is 0 Å². The van der Waals surface area contributed by atoms with Crippen molar-refractivity contribution < 1.29 is 9.53 Å². The highest BCUT2D eigenvalue weighted by molar-refractivity contribution is 5.94. The molecule has 1 N–H and O–H groups in total. The zero-order valence-corrected chi connectivity index (χ0v) is 11.4. The highest BCUT2D eigenvalue weighted by Crippen LogP contribution is 2.11. The van der Waals surface area contributed by atoms with Crippen molar-refractivity contribution in [1.82, 2.24) is 0 Å². The van der Waals surface area contributed by atoms with Gasteiger partial charge in [0.2, 0.25) is 0 Å². The zero-order chi connectivity index (χ0) is 14.2. The molecule has 2 rings (SSSR count). The minimum Gasteiger partial charge on any atom is -0.466 e. The van der Waals surface area contributed by atoms with E-state index in [9.17, 15) is 4.79 Å². The van der Waals surface area contributed by atoms with Gasteiger partial charge in [-0.25, -0.2) is 4.79 Å². The van der Waals surface area contributed by atoms with E-state index in [1.807, 2.05) is 66.7 Å². The van der Waals surface area contributed by atoms with Crippen LogP contribution in [0.2, 0.25) is 0 Å². The van der Waals surface area contributed by atoms with Gasteiger partial charge in [0.05, 0.1) is 12.7 Å². The molecule has 0 atom stereocenters. The number of carbonyl (C=O) groups is 1. The van der Waals surface area contributed by atoms with E-state index in [0.29, 0.717) is 12.1 Å². The maximum Gasteiger partial charge on any atom is 0.335 e. The second-order valence-electron chi connectivity index (χ2n) is 4.29. The van der Waals surface area contributed by atoms with Crippen molar-refractivity contribution >= 4 is 17.7 Å². The Morgan fingerprint density at radius 1 is 1.05 bits per heavy atom. The Morgan fingerprint density at radius 3 is 2.25 bits per heavy atom.